The molecule has 3 atom stereocenters. The lowest BCUT2D eigenvalue weighted by atomic mass is 9.87. The fraction of sp³-hybridized carbons (Fsp3) is 0.472. The highest BCUT2D eigenvalue weighted by Crippen LogP contribution is 2.48. The van der Waals surface area contributed by atoms with Gasteiger partial charge in [0.25, 0.3) is 0 Å². The Kier molecular flexibility index (Phi) is 7.72. The van der Waals surface area contributed by atoms with Crippen molar-refractivity contribution in [3.05, 3.63) is 63.1 Å². The van der Waals surface area contributed by atoms with Crippen LogP contribution in [0.4, 0.5) is 4.39 Å². The highest BCUT2D eigenvalue weighted by atomic mass is 35.5. The molecule has 4 aliphatic heterocycles. The molecule has 10 rings (SSSR count). The first-order chi connectivity index (χ1) is 22.3. The molecule has 1 amide bonds. The zero-order chi connectivity index (χ0) is 31.7. The van der Waals surface area contributed by atoms with Crippen molar-refractivity contribution in [2.45, 2.75) is 70.0 Å². The van der Waals surface area contributed by atoms with Gasteiger partial charge in [0, 0.05) is 57.6 Å². The molecule has 238 valence electrons. The molecular weight excluding hydrogens is 624 g/mol. The molecule has 46 heavy (non-hydrogen) atoms. The number of carbonyl (C=O) groups excluding carboxylic acids is 1. The second-order valence-corrected chi connectivity index (χ2v) is 14.5. The average molecular weight is 661 g/mol. The number of nitriles is 1. The van der Waals surface area contributed by atoms with Gasteiger partial charge in [0.15, 0.2) is 5.82 Å². The van der Waals surface area contributed by atoms with Gasteiger partial charge in [-0.1, -0.05) is 35.3 Å². The molecule has 2 aliphatic carbocycles. The van der Waals surface area contributed by atoms with Crippen LogP contribution in [0.25, 0.3) is 32.9 Å². The third kappa shape index (κ3) is 5.07. The topological polar surface area (TPSA) is 94.0 Å². The molecule has 2 saturated carbocycles. The number of aromatic nitrogens is 2. The third-order valence-electron chi connectivity index (χ3n) is 10.6. The van der Waals surface area contributed by atoms with Gasteiger partial charge < -0.3 is 19.9 Å². The number of benzene rings is 2. The molecule has 0 radical (unpaired) electrons. The van der Waals surface area contributed by atoms with E-state index < -0.39 is 5.82 Å². The largest absolute Gasteiger partial charge is 0.379 e. The van der Waals surface area contributed by atoms with Crippen LogP contribution in [0.15, 0.2) is 30.3 Å². The molecule has 7 nitrogen and oxygen atoms in total. The van der Waals surface area contributed by atoms with E-state index in [0.717, 1.165) is 47.8 Å². The number of carbonyl (C=O) groups is 1. The number of hydrogen-bond donors (Lipinski definition) is 2. The molecule has 4 aromatic rings. The van der Waals surface area contributed by atoms with Crippen molar-refractivity contribution in [3.63, 3.8) is 0 Å². The van der Waals surface area contributed by atoms with E-state index in [0.29, 0.717) is 52.4 Å². The van der Waals surface area contributed by atoms with E-state index in [1.165, 1.54) is 19.4 Å². The Morgan fingerprint density at radius 2 is 2.00 bits per heavy atom. The van der Waals surface area contributed by atoms with Crippen LogP contribution in [0.1, 0.15) is 61.5 Å². The average Bonchev–Trinajstić information content (AvgIpc) is 3.33. The van der Waals surface area contributed by atoms with E-state index >= 15 is 4.39 Å². The highest BCUT2D eigenvalue weighted by Gasteiger charge is 2.50. The molecule has 10 heteroatoms. The second kappa shape index (κ2) is 11.8. The number of nitrogens with zero attached hydrogens (tertiary/aromatic N) is 3. The van der Waals surface area contributed by atoms with E-state index in [1.807, 2.05) is 13.0 Å². The summed E-state index contributed by atoms with van der Waals surface area (Å²) < 4.78 is 22.4. The maximum Gasteiger partial charge on any atom is 0.226 e. The molecule has 4 bridgehead atoms. The minimum atomic E-state index is -0.494. The number of likely N-dealkylation sites (tertiary alicyclic amines) is 1. The fourth-order valence-corrected chi connectivity index (χ4v) is 8.50. The lowest BCUT2D eigenvalue weighted by molar-refractivity contribution is -0.136. The van der Waals surface area contributed by atoms with Crippen molar-refractivity contribution < 1.29 is 13.9 Å². The summed E-state index contributed by atoms with van der Waals surface area (Å²) in [5.74, 6) is 1.12. The Morgan fingerprint density at radius 3 is 2.70 bits per heavy atom. The predicted octanol–water partition coefficient (Wildman–Crippen LogP) is 7.66. The number of halogens is 3. The third-order valence-corrected chi connectivity index (χ3v) is 11.4. The molecule has 6 fully saturated rings. The first-order valence-electron chi connectivity index (χ1n) is 16.4. The van der Waals surface area contributed by atoms with Gasteiger partial charge in [-0.2, -0.15) is 5.26 Å². The molecule has 6 heterocycles. The van der Waals surface area contributed by atoms with Gasteiger partial charge in [0.2, 0.25) is 5.91 Å². The summed E-state index contributed by atoms with van der Waals surface area (Å²) in [6.07, 6.45) is 6.33. The Bertz CT molecular complexity index is 1900. The number of fused-ring (bicyclic) bond motifs is 6. The summed E-state index contributed by atoms with van der Waals surface area (Å²) in [5, 5.41) is 14.8. The summed E-state index contributed by atoms with van der Waals surface area (Å²) in [4.78, 5) is 23.8. The zero-order valence-electron chi connectivity index (χ0n) is 25.7. The summed E-state index contributed by atoms with van der Waals surface area (Å²) in [6.45, 7) is 4.36. The maximum atomic E-state index is 16.5. The van der Waals surface area contributed by atoms with Crippen molar-refractivity contribution in [3.8, 4) is 17.2 Å². The fourth-order valence-electron chi connectivity index (χ4n) is 8.10. The number of aromatic amines is 1. The molecule has 4 saturated heterocycles. The molecule has 0 spiro atoms. The Morgan fingerprint density at radius 1 is 1.17 bits per heavy atom. The van der Waals surface area contributed by atoms with Crippen LogP contribution in [0.3, 0.4) is 0 Å². The number of ether oxygens (including phenoxy) is 1. The lowest BCUT2D eigenvalue weighted by Gasteiger charge is -2.29. The van der Waals surface area contributed by atoms with Gasteiger partial charge in [0.05, 0.1) is 46.9 Å². The van der Waals surface area contributed by atoms with Crippen LogP contribution in [0.5, 0.6) is 0 Å². The van der Waals surface area contributed by atoms with E-state index in [9.17, 15) is 10.1 Å². The van der Waals surface area contributed by atoms with Crippen molar-refractivity contribution in [1.82, 2.24) is 20.2 Å². The summed E-state index contributed by atoms with van der Waals surface area (Å²) in [5.41, 5.74) is 4.07. The smallest absolute Gasteiger partial charge is 0.226 e. The number of nitrogens with one attached hydrogen (secondary N) is 2. The van der Waals surface area contributed by atoms with E-state index in [-0.39, 0.29) is 46.8 Å². The van der Waals surface area contributed by atoms with E-state index in [2.05, 4.69) is 27.3 Å². The summed E-state index contributed by atoms with van der Waals surface area (Å²) in [6, 6.07) is 12.2. The van der Waals surface area contributed by atoms with Gasteiger partial charge >= 0.3 is 0 Å². The molecule has 2 aromatic heterocycles. The number of hydrogen-bond acceptors (Lipinski definition) is 5. The monoisotopic (exact) mass is 659 g/mol. The van der Waals surface area contributed by atoms with Gasteiger partial charge in [-0.25, -0.2) is 9.37 Å². The zero-order valence-corrected chi connectivity index (χ0v) is 27.2. The second-order valence-electron chi connectivity index (χ2n) is 13.7. The maximum absolute atomic E-state index is 16.5. The number of aryl methyl sites for hydroxylation is 2. The molecule has 3 unspecified atom stereocenters. The summed E-state index contributed by atoms with van der Waals surface area (Å²) in [7, 11) is 0. The molecule has 2 aromatic carbocycles. The Hall–Kier alpha value is -3.22. The van der Waals surface area contributed by atoms with Gasteiger partial charge in [-0.3, -0.25) is 4.79 Å². The highest BCUT2D eigenvalue weighted by molar-refractivity contribution is 6.43. The number of rotatable bonds is 5. The van der Waals surface area contributed by atoms with Crippen LogP contribution in [-0.2, 0) is 16.0 Å². The Balaban J connectivity index is 0.000000462. The van der Waals surface area contributed by atoms with Crippen LogP contribution in [0.2, 0.25) is 10.0 Å². The number of amides is 1. The number of H-pyrrole nitrogens is 1. The van der Waals surface area contributed by atoms with Crippen LogP contribution in [-0.4, -0.2) is 52.6 Å². The van der Waals surface area contributed by atoms with Crippen LogP contribution in [0, 0.1) is 41.8 Å². The Labute approximate surface area is 277 Å². The van der Waals surface area contributed by atoms with Crippen LogP contribution < -0.4 is 5.32 Å². The normalized spacial score (nSPS) is 26.2. The standard InChI is InChI=1S/C31H27Cl2FN4O2.C5H9N/c1-15-21-12-24(30-18-10-19(14-40-13-18)38(30)31(39)16-7-8-16)37-28(21)22-11-17(4-3-9-35)25(27(34)29(22)36-15)20-5-2-6-23(32)26(20)33;1-4-2-5(1)6-3-4/h2,5-6,11-12,16,18-19,30,37H,3-4,7-8,10,13-14H2,1H3;4-6H,1-3H2. The lowest BCUT2D eigenvalue weighted by Crippen LogP contribution is -2.40. The molecular formula is C36H36Cl2FN5O2. The van der Waals surface area contributed by atoms with Crippen molar-refractivity contribution in [1.29, 1.82) is 5.26 Å². The van der Waals surface area contributed by atoms with E-state index in [1.54, 1.807) is 18.2 Å². The minimum absolute atomic E-state index is 0.0826. The van der Waals surface area contributed by atoms with E-state index in [4.69, 9.17) is 32.9 Å². The SMILES string of the molecule is C1NC2CC1C2.Cc1nc2c(F)c(-c3cccc(Cl)c3Cl)c(CCC#N)cc2c2[nH]c(C3C4COCC(C4)N3C(=O)C3CC3)cc12. The predicted molar refractivity (Wildman–Crippen MR) is 177 cm³/mol. The van der Waals surface area contributed by atoms with Crippen molar-refractivity contribution >= 4 is 50.9 Å². The van der Waals surface area contributed by atoms with Crippen molar-refractivity contribution in [2.24, 2.45) is 17.8 Å². The van der Waals surface area contributed by atoms with Crippen molar-refractivity contribution in [2.75, 3.05) is 19.8 Å². The van der Waals surface area contributed by atoms with Gasteiger partial charge in [-0.05, 0) is 81.7 Å². The van der Waals surface area contributed by atoms with Gasteiger partial charge in [0.1, 0.15) is 5.52 Å². The minimum Gasteiger partial charge on any atom is -0.379 e. The van der Waals surface area contributed by atoms with Gasteiger partial charge in [-0.15, -0.1) is 0 Å². The molecule has 2 N–H and O–H groups in total. The van der Waals surface area contributed by atoms with Crippen LogP contribution >= 0.6 is 23.2 Å². The first kappa shape index (κ1) is 30.1. The summed E-state index contributed by atoms with van der Waals surface area (Å²) >= 11 is 12.8. The first-order valence-corrected chi connectivity index (χ1v) is 17.2. The number of pyridine rings is 1. The molecule has 6 aliphatic rings. The quantitative estimate of drug-likeness (QED) is 0.229.